The Morgan fingerprint density at radius 1 is 1.00 bits per heavy atom. The second-order valence-electron chi connectivity index (χ2n) is 8.73. The fraction of sp³-hybridized carbons (Fsp3) is 0.478. The van der Waals surface area contributed by atoms with Crippen LogP contribution in [0.2, 0.25) is 16.6 Å². The highest BCUT2D eigenvalue weighted by molar-refractivity contribution is 7.98. The minimum absolute atomic E-state index is 0.575. The molecule has 3 aromatic rings. The van der Waals surface area contributed by atoms with Crippen LogP contribution < -0.4 is 0 Å². The van der Waals surface area contributed by atoms with Crippen molar-refractivity contribution in [2.45, 2.75) is 70.2 Å². The maximum atomic E-state index is 4.76. The summed E-state index contributed by atoms with van der Waals surface area (Å²) in [7, 11) is -1.86. The van der Waals surface area contributed by atoms with Crippen LogP contribution in [-0.2, 0) is 0 Å². The molecule has 7 heteroatoms. The number of aryl methyl sites for hydroxylation is 1. The molecule has 0 aliphatic carbocycles. The third-order valence-corrected chi connectivity index (χ3v) is 12.8. The number of hydrogen-bond donors (Lipinski definition) is 0. The molecule has 0 aliphatic heterocycles. The molecule has 158 valence electrons. The Bertz CT molecular complexity index is 1090. The standard InChI is InChI=1S/C23H31N5SSi/c1-15(2)30(16(3)4,17(5)6)10-9-19-11-21(28-14-18(7)12-25-28)26-22-20(19)13-24-23(27-22)29-8/h11-17H,1-8H3. The predicted molar refractivity (Wildman–Crippen MR) is 129 cm³/mol. The molecule has 3 heterocycles. The van der Waals surface area contributed by atoms with Gasteiger partial charge in [-0.15, -0.1) is 5.54 Å². The van der Waals surface area contributed by atoms with E-state index in [0.29, 0.717) is 27.4 Å². The van der Waals surface area contributed by atoms with Crippen molar-refractivity contribution >= 4 is 30.9 Å². The number of rotatable bonds is 5. The Kier molecular flexibility index (Phi) is 6.68. The van der Waals surface area contributed by atoms with Gasteiger partial charge in [0.25, 0.3) is 0 Å². The first-order chi connectivity index (χ1) is 14.2. The van der Waals surface area contributed by atoms with Crippen LogP contribution in [0, 0.1) is 18.4 Å². The van der Waals surface area contributed by atoms with Crippen molar-refractivity contribution in [3.8, 4) is 17.3 Å². The summed E-state index contributed by atoms with van der Waals surface area (Å²) in [4.78, 5) is 13.9. The van der Waals surface area contributed by atoms with Gasteiger partial charge in [0.1, 0.15) is 8.07 Å². The van der Waals surface area contributed by atoms with Crippen LogP contribution in [0.3, 0.4) is 0 Å². The second kappa shape index (κ2) is 8.91. The minimum Gasteiger partial charge on any atom is -0.230 e. The Balaban J connectivity index is 2.26. The molecule has 0 unspecified atom stereocenters. The summed E-state index contributed by atoms with van der Waals surface area (Å²) < 4.78 is 1.79. The smallest absolute Gasteiger partial charge is 0.189 e. The molecule has 3 aromatic heterocycles. The van der Waals surface area contributed by atoms with Gasteiger partial charge in [0.05, 0.1) is 11.6 Å². The monoisotopic (exact) mass is 437 g/mol. The molecule has 0 aromatic carbocycles. The van der Waals surface area contributed by atoms with Gasteiger partial charge in [-0.3, -0.25) is 0 Å². The molecule has 0 aliphatic rings. The molecular formula is C23H31N5SSi. The maximum absolute atomic E-state index is 4.76. The summed E-state index contributed by atoms with van der Waals surface area (Å²) in [6.07, 6.45) is 7.62. The summed E-state index contributed by atoms with van der Waals surface area (Å²) in [5.41, 5.74) is 8.22. The Morgan fingerprint density at radius 2 is 1.67 bits per heavy atom. The number of hydrogen-bond acceptors (Lipinski definition) is 5. The third-order valence-electron chi connectivity index (χ3n) is 5.94. The van der Waals surface area contributed by atoms with Crippen molar-refractivity contribution < 1.29 is 0 Å². The first kappa shape index (κ1) is 22.5. The minimum atomic E-state index is -1.86. The van der Waals surface area contributed by atoms with Crippen LogP contribution in [0.5, 0.6) is 0 Å². The lowest BCUT2D eigenvalue weighted by Gasteiger charge is -2.38. The summed E-state index contributed by atoms with van der Waals surface area (Å²) in [6.45, 7) is 16.0. The summed E-state index contributed by atoms with van der Waals surface area (Å²) in [5.74, 6) is 4.30. The zero-order valence-electron chi connectivity index (χ0n) is 19.2. The van der Waals surface area contributed by atoms with Gasteiger partial charge < -0.3 is 0 Å². The van der Waals surface area contributed by atoms with Crippen LogP contribution >= 0.6 is 11.8 Å². The molecular weight excluding hydrogens is 406 g/mol. The lowest BCUT2D eigenvalue weighted by molar-refractivity contribution is 0.838. The van der Waals surface area contributed by atoms with Gasteiger partial charge in [-0.05, 0) is 41.4 Å². The van der Waals surface area contributed by atoms with E-state index in [0.717, 1.165) is 22.3 Å². The topological polar surface area (TPSA) is 56.5 Å². The van der Waals surface area contributed by atoms with Gasteiger partial charge >= 0.3 is 0 Å². The average molecular weight is 438 g/mol. The van der Waals surface area contributed by atoms with Crippen molar-refractivity contribution in [2.24, 2.45) is 0 Å². The number of fused-ring (bicyclic) bond motifs is 1. The number of thioether (sulfide) groups is 1. The fourth-order valence-electron chi connectivity index (χ4n) is 4.45. The van der Waals surface area contributed by atoms with E-state index in [-0.39, 0.29) is 0 Å². The lowest BCUT2D eigenvalue weighted by Crippen LogP contribution is -2.43. The number of pyridine rings is 1. The van der Waals surface area contributed by atoms with Gasteiger partial charge in [0, 0.05) is 18.0 Å². The number of aromatic nitrogens is 5. The van der Waals surface area contributed by atoms with E-state index in [1.54, 1.807) is 4.68 Å². The van der Waals surface area contributed by atoms with Crippen molar-refractivity contribution in [3.05, 3.63) is 35.8 Å². The molecule has 30 heavy (non-hydrogen) atoms. The van der Waals surface area contributed by atoms with E-state index in [1.165, 1.54) is 11.8 Å². The third kappa shape index (κ3) is 4.16. The Morgan fingerprint density at radius 3 is 2.20 bits per heavy atom. The van der Waals surface area contributed by atoms with Crippen molar-refractivity contribution in [1.29, 1.82) is 0 Å². The first-order valence-corrected chi connectivity index (χ1v) is 13.9. The van der Waals surface area contributed by atoms with E-state index in [1.807, 2.05) is 37.8 Å². The highest BCUT2D eigenvalue weighted by Crippen LogP contribution is 2.40. The average Bonchev–Trinajstić information content (AvgIpc) is 3.13. The molecule has 0 amide bonds. The molecule has 0 fully saturated rings. The van der Waals surface area contributed by atoms with Gasteiger partial charge in [-0.25, -0.2) is 19.6 Å². The van der Waals surface area contributed by atoms with E-state index < -0.39 is 8.07 Å². The normalized spacial score (nSPS) is 12.1. The summed E-state index contributed by atoms with van der Waals surface area (Å²) in [5, 5.41) is 6.04. The quantitative estimate of drug-likeness (QED) is 0.218. The highest BCUT2D eigenvalue weighted by atomic mass is 32.2. The maximum Gasteiger partial charge on any atom is 0.189 e. The predicted octanol–water partition coefficient (Wildman–Crippen LogP) is 5.81. The van der Waals surface area contributed by atoms with Crippen LogP contribution in [0.25, 0.3) is 16.9 Å². The van der Waals surface area contributed by atoms with Crippen LogP contribution in [0.4, 0.5) is 0 Å². The zero-order valence-corrected chi connectivity index (χ0v) is 21.0. The van der Waals surface area contributed by atoms with Crippen molar-refractivity contribution in [3.63, 3.8) is 0 Å². The summed E-state index contributed by atoms with van der Waals surface area (Å²) in [6, 6.07) is 2.02. The van der Waals surface area contributed by atoms with Gasteiger partial charge in [-0.2, -0.15) is 5.10 Å². The van der Waals surface area contributed by atoms with Crippen LogP contribution in [-0.4, -0.2) is 39.1 Å². The Labute approximate surface area is 185 Å². The van der Waals surface area contributed by atoms with E-state index in [9.17, 15) is 0 Å². The van der Waals surface area contributed by atoms with Gasteiger partial charge in [0.15, 0.2) is 16.6 Å². The molecule has 3 rings (SSSR count). The highest BCUT2D eigenvalue weighted by Gasteiger charge is 2.41. The molecule has 0 N–H and O–H groups in total. The van der Waals surface area contributed by atoms with Gasteiger partial charge in [0.2, 0.25) is 0 Å². The molecule has 0 spiro atoms. The molecule has 0 bridgehead atoms. The van der Waals surface area contributed by atoms with Gasteiger partial charge in [-0.1, -0.05) is 59.2 Å². The molecule has 5 nitrogen and oxygen atoms in total. The SMILES string of the molecule is CSc1ncc2c(C#C[Si](C(C)C)(C(C)C)C(C)C)cc(-n3cc(C)cn3)nc2n1. The zero-order chi connectivity index (χ0) is 22.1. The van der Waals surface area contributed by atoms with Crippen molar-refractivity contribution in [1.82, 2.24) is 24.7 Å². The van der Waals surface area contributed by atoms with Crippen LogP contribution in [0.1, 0.15) is 52.7 Å². The molecule has 0 saturated heterocycles. The first-order valence-electron chi connectivity index (χ1n) is 10.5. The van der Waals surface area contributed by atoms with Crippen LogP contribution in [0.15, 0.2) is 29.8 Å². The van der Waals surface area contributed by atoms with E-state index in [4.69, 9.17) is 4.98 Å². The van der Waals surface area contributed by atoms with Crippen molar-refractivity contribution in [2.75, 3.05) is 6.26 Å². The summed E-state index contributed by atoms with van der Waals surface area (Å²) >= 11 is 1.51. The lowest BCUT2D eigenvalue weighted by atomic mass is 10.2. The largest absolute Gasteiger partial charge is 0.230 e. The molecule has 0 radical (unpaired) electrons. The molecule has 0 saturated carbocycles. The number of nitrogens with zero attached hydrogens (tertiary/aromatic N) is 5. The van der Waals surface area contributed by atoms with E-state index >= 15 is 0 Å². The van der Waals surface area contributed by atoms with E-state index in [2.05, 4.69) is 68.1 Å². The molecule has 0 atom stereocenters. The fourth-order valence-corrected chi connectivity index (χ4v) is 10.00. The second-order valence-corrected chi connectivity index (χ2v) is 15.1. The Hall–Kier alpha value is -2.17.